The quantitative estimate of drug-likeness (QED) is 0.615. The molecule has 0 aromatic heterocycles. The molecule has 0 aliphatic heterocycles. The van der Waals surface area contributed by atoms with E-state index in [1.54, 1.807) is 0 Å². The van der Waals surface area contributed by atoms with Gasteiger partial charge in [-0.25, -0.2) is 0 Å². The normalized spacial score (nSPS) is 23.8. The van der Waals surface area contributed by atoms with Crippen LogP contribution < -0.4 is 0 Å². The van der Waals surface area contributed by atoms with Gasteiger partial charge in [-0.2, -0.15) is 35.4 Å². The van der Waals surface area contributed by atoms with Crippen LogP contribution in [0, 0.1) is 18.9 Å². The summed E-state index contributed by atoms with van der Waals surface area (Å²) in [6.07, 6.45) is 6.71. The fraction of sp³-hybridized carbons (Fsp3) is 0.533. The molecule has 17 heavy (non-hydrogen) atoms. The molecule has 1 radical (unpaired) electrons. The van der Waals surface area contributed by atoms with Crippen molar-refractivity contribution < 1.29 is 37.5 Å². The van der Waals surface area contributed by atoms with Crippen LogP contribution in [0.1, 0.15) is 49.1 Å². The molecule has 2 rings (SSSR count). The Morgan fingerprint density at radius 3 is 2.53 bits per heavy atom. The van der Waals surface area contributed by atoms with Crippen LogP contribution in [0.4, 0.5) is 0 Å². The molecule has 0 heterocycles. The summed E-state index contributed by atoms with van der Waals surface area (Å²) in [6.45, 7) is 2.07. The van der Waals surface area contributed by atoms with Gasteiger partial charge in [0.15, 0.2) is 0 Å². The van der Waals surface area contributed by atoms with Crippen molar-refractivity contribution >= 4 is 6.29 Å². The number of benzene rings is 1. The van der Waals surface area contributed by atoms with Crippen LogP contribution in [-0.4, -0.2) is 6.29 Å². The maximum absolute atomic E-state index is 10.5. The van der Waals surface area contributed by atoms with E-state index in [1.165, 1.54) is 36.8 Å². The number of carbonyl (C=O) groups excluding carboxylic acids is 1. The van der Waals surface area contributed by atoms with Gasteiger partial charge in [-0.1, -0.05) is 38.5 Å². The fourth-order valence-electron chi connectivity index (χ4n) is 2.64. The summed E-state index contributed by atoms with van der Waals surface area (Å²) in [5.41, 5.74) is 2.63. The van der Waals surface area contributed by atoms with Crippen LogP contribution in [0.3, 0.4) is 0 Å². The number of hydrogen-bond acceptors (Lipinski definition) is 1. The van der Waals surface area contributed by atoms with Crippen LogP contribution in [0.5, 0.6) is 0 Å². The Bertz CT molecular complexity index is 336. The van der Waals surface area contributed by atoms with Crippen molar-refractivity contribution in [3.05, 3.63) is 35.4 Å². The van der Waals surface area contributed by atoms with Gasteiger partial charge in [0, 0.05) is 39.1 Å². The van der Waals surface area contributed by atoms with Crippen molar-refractivity contribution in [2.24, 2.45) is 5.92 Å². The van der Waals surface area contributed by atoms with E-state index in [1.807, 2.05) is 0 Å². The zero-order chi connectivity index (χ0) is 11.4. The first-order valence-electron chi connectivity index (χ1n) is 6.21. The SMILES string of the molecule is Cc1[c-]cc(C2CCC(CC=O)CC2)cc1.[Y]. The van der Waals surface area contributed by atoms with E-state index < -0.39 is 0 Å². The second kappa shape index (κ2) is 7.43. The molecule has 0 N–H and O–H groups in total. The minimum atomic E-state index is 0. The van der Waals surface area contributed by atoms with E-state index in [0.717, 1.165) is 12.7 Å². The van der Waals surface area contributed by atoms with E-state index in [9.17, 15) is 4.79 Å². The Morgan fingerprint density at radius 1 is 1.29 bits per heavy atom. The Balaban J connectivity index is 0.00000144. The maximum Gasteiger partial charge on any atom is 0.120 e. The molecule has 1 aromatic rings. The third-order valence-electron chi connectivity index (χ3n) is 3.74. The molecule has 0 unspecified atom stereocenters. The van der Waals surface area contributed by atoms with Gasteiger partial charge in [-0.05, 0) is 5.92 Å². The van der Waals surface area contributed by atoms with Crippen molar-refractivity contribution in [1.82, 2.24) is 0 Å². The van der Waals surface area contributed by atoms with E-state index in [4.69, 9.17) is 0 Å². The van der Waals surface area contributed by atoms with Crippen LogP contribution in [0.25, 0.3) is 0 Å². The smallest absolute Gasteiger partial charge is 0.120 e. The van der Waals surface area contributed by atoms with Crippen molar-refractivity contribution in [1.29, 1.82) is 0 Å². The van der Waals surface area contributed by atoms with Crippen LogP contribution in [-0.2, 0) is 37.5 Å². The predicted molar refractivity (Wildman–Crippen MR) is 65.4 cm³/mol. The number of rotatable bonds is 3. The van der Waals surface area contributed by atoms with Gasteiger partial charge in [-0.15, -0.1) is 0 Å². The topological polar surface area (TPSA) is 17.1 Å². The van der Waals surface area contributed by atoms with Gasteiger partial charge >= 0.3 is 0 Å². The summed E-state index contributed by atoms with van der Waals surface area (Å²) in [4.78, 5) is 10.5. The Labute approximate surface area is 129 Å². The molecule has 1 saturated carbocycles. The molecule has 0 bridgehead atoms. The van der Waals surface area contributed by atoms with E-state index >= 15 is 0 Å². The molecular weight excluding hydrogens is 285 g/mol. The molecule has 1 nitrogen and oxygen atoms in total. The minimum Gasteiger partial charge on any atom is -0.303 e. The third kappa shape index (κ3) is 4.30. The van der Waals surface area contributed by atoms with Gasteiger partial charge in [0.25, 0.3) is 0 Å². The van der Waals surface area contributed by atoms with E-state index in [-0.39, 0.29) is 32.7 Å². The van der Waals surface area contributed by atoms with Gasteiger partial charge in [-0.3, -0.25) is 0 Å². The largest absolute Gasteiger partial charge is 0.303 e. The number of aldehydes is 1. The standard InChI is InChI=1S/C15H19O.Y/c1-12-2-6-14(7-3-12)15-8-4-13(5-9-15)10-11-16;/h2,6-7,11,13,15H,4-5,8-10H2,1H3;/q-1;. The Hall–Kier alpha value is -0.00610. The van der Waals surface area contributed by atoms with Crippen molar-refractivity contribution in [2.75, 3.05) is 0 Å². The molecule has 0 saturated heterocycles. The summed E-state index contributed by atoms with van der Waals surface area (Å²) in [6, 6.07) is 9.79. The molecule has 0 spiro atoms. The average molecular weight is 304 g/mol. The number of carbonyl (C=O) groups is 1. The summed E-state index contributed by atoms with van der Waals surface area (Å²) in [5, 5.41) is 0. The van der Waals surface area contributed by atoms with Crippen LogP contribution in [0.15, 0.2) is 18.2 Å². The zero-order valence-electron chi connectivity index (χ0n) is 10.5. The van der Waals surface area contributed by atoms with Gasteiger partial charge in [0.2, 0.25) is 0 Å². The predicted octanol–water partition coefficient (Wildman–Crippen LogP) is 3.66. The van der Waals surface area contributed by atoms with Gasteiger partial charge in [0.05, 0.1) is 0 Å². The zero-order valence-corrected chi connectivity index (χ0v) is 13.3. The second-order valence-electron chi connectivity index (χ2n) is 4.93. The third-order valence-corrected chi connectivity index (χ3v) is 3.74. The Kier molecular flexibility index (Phi) is 6.58. The number of aryl methyl sites for hydroxylation is 1. The van der Waals surface area contributed by atoms with E-state index in [2.05, 4.69) is 31.2 Å². The molecule has 1 aliphatic carbocycles. The van der Waals surface area contributed by atoms with E-state index in [0.29, 0.717) is 11.8 Å². The molecule has 2 heteroatoms. The summed E-state index contributed by atoms with van der Waals surface area (Å²) < 4.78 is 0. The van der Waals surface area contributed by atoms with Crippen molar-refractivity contribution in [3.8, 4) is 0 Å². The number of hydrogen-bond donors (Lipinski definition) is 0. The Morgan fingerprint density at radius 2 is 2.00 bits per heavy atom. The fourth-order valence-corrected chi connectivity index (χ4v) is 2.64. The molecule has 1 aromatic carbocycles. The molecule has 89 valence electrons. The maximum atomic E-state index is 10.5. The average Bonchev–Trinajstić information content (AvgIpc) is 2.32. The van der Waals surface area contributed by atoms with Gasteiger partial charge in [0.1, 0.15) is 6.29 Å². The second-order valence-corrected chi connectivity index (χ2v) is 4.93. The summed E-state index contributed by atoms with van der Waals surface area (Å²) in [5.74, 6) is 1.34. The molecule has 1 fully saturated rings. The first kappa shape index (κ1) is 15.1. The van der Waals surface area contributed by atoms with Gasteiger partial charge < -0.3 is 4.79 Å². The van der Waals surface area contributed by atoms with Crippen molar-refractivity contribution in [3.63, 3.8) is 0 Å². The van der Waals surface area contributed by atoms with Crippen LogP contribution in [0.2, 0.25) is 0 Å². The summed E-state index contributed by atoms with van der Waals surface area (Å²) >= 11 is 0. The minimum absolute atomic E-state index is 0. The van der Waals surface area contributed by atoms with Crippen LogP contribution >= 0.6 is 0 Å². The first-order valence-corrected chi connectivity index (χ1v) is 6.21. The first-order chi connectivity index (χ1) is 7.79. The monoisotopic (exact) mass is 304 g/mol. The van der Waals surface area contributed by atoms with Crippen molar-refractivity contribution in [2.45, 2.75) is 44.9 Å². The molecular formula is C15H19OY-. The summed E-state index contributed by atoms with van der Waals surface area (Å²) in [7, 11) is 0. The molecule has 0 amide bonds. The molecule has 0 atom stereocenters. The molecule has 1 aliphatic rings.